The number of benzene rings is 7. The highest BCUT2D eigenvalue weighted by Gasteiger charge is 2.35. The van der Waals surface area contributed by atoms with Gasteiger partial charge in [0.05, 0.1) is 0 Å². The number of para-hydroxylation sites is 1. The Labute approximate surface area is 292 Å². The van der Waals surface area contributed by atoms with E-state index in [1.54, 1.807) is 0 Å². The third-order valence-corrected chi connectivity index (χ3v) is 10.7. The summed E-state index contributed by atoms with van der Waals surface area (Å²) in [4.78, 5) is 15.4. The van der Waals surface area contributed by atoms with Gasteiger partial charge in [-0.1, -0.05) is 98.8 Å². The van der Waals surface area contributed by atoms with Gasteiger partial charge in [-0.2, -0.15) is 0 Å². The van der Waals surface area contributed by atoms with Gasteiger partial charge in [-0.05, 0) is 87.6 Å². The van der Waals surface area contributed by atoms with E-state index < -0.39 is 0 Å². The maximum absolute atomic E-state index is 6.33. The average Bonchev–Trinajstić information content (AvgIpc) is 3.80. The summed E-state index contributed by atoms with van der Waals surface area (Å²) in [5.74, 6) is 1.81. The van der Waals surface area contributed by atoms with Crippen molar-refractivity contribution in [1.82, 2.24) is 15.0 Å². The molecule has 0 atom stereocenters. The van der Waals surface area contributed by atoms with E-state index in [4.69, 9.17) is 23.8 Å². The summed E-state index contributed by atoms with van der Waals surface area (Å²) in [7, 11) is 0. The van der Waals surface area contributed by atoms with Gasteiger partial charge in [0.1, 0.15) is 22.3 Å². The molecular weight excluding hydrogens is 627 g/mol. The van der Waals surface area contributed by atoms with Crippen molar-refractivity contribution in [2.75, 3.05) is 0 Å². The van der Waals surface area contributed by atoms with E-state index in [9.17, 15) is 0 Å². The third-order valence-electron chi connectivity index (χ3n) is 10.7. The molecule has 0 saturated heterocycles. The molecule has 7 aromatic carbocycles. The lowest BCUT2D eigenvalue weighted by atomic mass is 9.82. The molecule has 0 amide bonds. The Morgan fingerprint density at radius 1 is 0.392 bits per heavy atom. The van der Waals surface area contributed by atoms with Gasteiger partial charge in [-0.3, -0.25) is 0 Å². The molecule has 11 rings (SSSR count). The number of furan rings is 2. The number of hydrogen-bond acceptors (Lipinski definition) is 5. The maximum Gasteiger partial charge on any atom is 0.164 e. The topological polar surface area (TPSA) is 65.0 Å². The molecule has 1 aliphatic rings. The fraction of sp³-hybridized carbons (Fsp3) is 0.0652. The van der Waals surface area contributed by atoms with E-state index in [1.165, 1.54) is 27.6 Å². The van der Waals surface area contributed by atoms with Crippen molar-refractivity contribution in [2.24, 2.45) is 0 Å². The van der Waals surface area contributed by atoms with Gasteiger partial charge in [-0.15, -0.1) is 0 Å². The number of aromatic nitrogens is 3. The van der Waals surface area contributed by atoms with Crippen LogP contribution < -0.4 is 0 Å². The van der Waals surface area contributed by atoms with E-state index in [1.807, 2.05) is 36.4 Å². The fourth-order valence-electron chi connectivity index (χ4n) is 8.07. The van der Waals surface area contributed by atoms with Crippen molar-refractivity contribution >= 4 is 54.6 Å². The molecule has 0 radical (unpaired) electrons. The van der Waals surface area contributed by atoms with Gasteiger partial charge in [0, 0.05) is 43.7 Å². The minimum Gasteiger partial charge on any atom is -0.456 e. The van der Waals surface area contributed by atoms with Crippen molar-refractivity contribution in [3.05, 3.63) is 151 Å². The summed E-state index contributed by atoms with van der Waals surface area (Å²) in [6.07, 6.45) is 0. The molecule has 3 heterocycles. The summed E-state index contributed by atoms with van der Waals surface area (Å²) in [6, 6.07) is 48.5. The van der Waals surface area contributed by atoms with Gasteiger partial charge in [0.25, 0.3) is 0 Å². The predicted octanol–water partition coefficient (Wildman–Crippen LogP) is 12.1. The van der Waals surface area contributed by atoms with E-state index in [0.717, 1.165) is 66.0 Å². The van der Waals surface area contributed by atoms with Crippen LogP contribution in [0.5, 0.6) is 0 Å². The van der Waals surface area contributed by atoms with Gasteiger partial charge in [0.2, 0.25) is 0 Å². The van der Waals surface area contributed by atoms with Crippen molar-refractivity contribution in [3.8, 4) is 45.3 Å². The highest BCUT2D eigenvalue weighted by atomic mass is 16.3. The summed E-state index contributed by atoms with van der Waals surface area (Å²) >= 11 is 0. The Morgan fingerprint density at radius 2 is 0.941 bits per heavy atom. The van der Waals surface area contributed by atoms with E-state index in [0.29, 0.717) is 17.5 Å². The van der Waals surface area contributed by atoms with Crippen LogP contribution in [0.15, 0.2) is 148 Å². The molecule has 0 saturated carbocycles. The highest BCUT2D eigenvalue weighted by molar-refractivity contribution is 6.11. The van der Waals surface area contributed by atoms with Gasteiger partial charge in [-0.25, -0.2) is 15.0 Å². The number of nitrogens with zero attached hydrogens (tertiary/aromatic N) is 3. The van der Waals surface area contributed by atoms with Crippen LogP contribution in [-0.2, 0) is 5.41 Å². The molecule has 5 heteroatoms. The van der Waals surface area contributed by atoms with Crippen LogP contribution in [0.3, 0.4) is 0 Å². The van der Waals surface area contributed by atoms with Crippen LogP contribution in [0.1, 0.15) is 25.0 Å². The quantitative estimate of drug-likeness (QED) is 0.189. The molecule has 0 bridgehead atoms. The normalized spacial score (nSPS) is 13.5. The molecule has 51 heavy (non-hydrogen) atoms. The van der Waals surface area contributed by atoms with Crippen LogP contribution in [0.2, 0.25) is 0 Å². The molecule has 3 aromatic heterocycles. The first-order valence-electron chi connectivity index (χ1n) is 17.3. The average molecular weight is 656 g/mol. The predicted molar refractivity (Wildman–Crippen MR) is 206 cm³/mol. The van der Waals surface area contributed by atoms with E-state index in [-0.39, 0.29) is 5.41 Å². The second kappa shape index (κ2) is 10.2. The van der Waals surface area contributed by atoms with Crippen LogP contribution in [-0.4, -0.2) is 15.0 Å². The molecule has 0 N–H and O–H groups in total. The Kier molecular flexibility index (Phi) is 5.66. The number of rotatable bonds is 3. The van der Waals surface area contributed by atoms with E-state index >= 15 is 0 Å². The highest BCUT2D eigenvalue weighted by Crippen LogP contribution is 2.49. The smallest absolute Gasteiger partial charge is 0.164 e. The molecular formula is C46H29N3O2. The largest absolute Gasteiger partial charge is 0.456 e. The Hall–Kier alpha value is -6.59. The standard InChI is InChI=1S/C46H29N3O2/c1-46(2)37-13-7-5-11-31(37)32-18-15-29(23-38(32)46)44-47-43(48-45(49-44)30-16-19-34-33-12-6-8-14-39(33)50-41(34)25-30)28-17-20-40-35(22-28)36-21-26-9-3-4-10-27(26)24-42(36)51-40/h3-25H,1-2H3. The lowest BCUT2D eigenvalue weighted by Gasteiger charge is -2.21. The first-order chi connectivity index (χ1) is 25.0. The van der Waals surface area contributed by atoms with Crippen molar-refractivity contribution in [3.63, 3.8) is 0 Å². The van der Waals surface area contributed by atoms with Gasteiger partial charge < -0.3 is 8.83 Å². The lowest BCUT2D eigenvalue weighted by Crippen LogP contribution is -2.15. The Bertz CT molecular complexity index is 3080. The van der Waals surface area contributed by atoms with Crippen LogP contribution >= 0.6 is 0 Å². The molecule has 5 nitrogen and oxygen atoms in total. The molecule has 10 aromatic rings. The van der Waals surface area contributed by atoms with Crippen molar-refractivity contribution in [1.29, 1.82) is 0 Å². The second-order valence-corrected chi connectivity index (χ2v) is 14.1. The second-order valence-electron chi connectivity index (χ2n) is 14.1. The van der Waals surface area contributed by atoms with Crippen molar-refractivity contribution < 1.29 is 8.83 Å². The zero-order chi connectivity index (χ0) is 33.8. The molecule has 0 fully saturated rings. The van der Waals surface area contributed by atoms with E-state index in [2.05, 4.69) is 117 Å². The van der Waals surface area contributed by atoms with Crippen LogP contribution in [0.4, 0.5) is 0 Å². The molecule has 240 valence electrons. The molecule has 0 aliphatic heterocycles. The minimum atomic E-state index is -0.148. The Morgan fingerprint density at radius 3 is 1.76 bits per heavy atom. The molecule has 1 aliphatic carbocycles. The fourth-order valence-corrected chi connectivity index (χ4v) is 8.07. The first-order valence-corrected chi connectivity index (χ1v) is 17.3. The lowest BCUT2D eigenvalue weighted by molar-refractivity contribution is 0.660. The maximum atomic E-state index is 6.33. The first kappa shape index (κ1) is 28.3. The van der Waals surface area contributed by atoms with Crippen LogP contribution in [0, 0.1) is 0 Å². The van der Waals surface area contributed by atoms with Crippen LogP contribution in [0.25, 0.3) is 99.9 Å². The van der Waals surface area contributed by atoms with Crippen molar-refractivity contribution in [2.45, 2.75) is 19.3 Å². The summed E-state index contributed by atoms with van der Waals surface area (Å²) in [5.41, 5.74) is 11.0. The molecule has 0 spiro atoms. The third kappa shape index (κ3) is 4.18. The number of hydrogen-bond donors (Lipinski definition) is 0. The summed E-state index contributed by atoms with van der Waals surface area (Å²) < 4.78 is 12.6. The zero-order valence-electron chi connectivity index (χ0n) is 27.9. The SMILES string of the molecule is CC1(C)c2ccccc2-c2ccc(-c3nc(-c4ccc5c(c4)oc4ccccc45)nc(-c4ccc5oc6cc7ccccc7cc6c5c4)n3)cc21. The van der Waals surface area contributed by atoms with Gasteiger partial charge in [0.15, 0.2) is 17.5 Å². The minimum absolute atomic E-state index is 0.148. The zero-order valence-corrected chi connectivity index (χ0v) is 27.9. The summed E-state index contributed by atoms with van der Waals surface area (Å²) in [6.45, 7) is 4.59. The molecule has 0 unspecified atom stereocenters. The van der Waals surface area contributed by atoms with Gasteiger partial charge >= 0.3 is 0 Å². The summed E-state index contributed by atoms with van der Waals surface area (Å²) in [5, 5.41) is 6.57. The Balaban J connectivity index is 1.12. The monoisotopic (exact) mass is 655 g/mol. The number of fused-ring (bicyclic) bond motifs is 10.